The summed E-state index contributed by atoms with van der Waals surface area (Å²) < 4.78 is 7.15. The Morgan fingerprint density at radius 3 is 2.66 bits per heavy atom. The molecule has 0 unspecified atom stereocenters. The van der Waals surface area contributed by atoms with Gasteiger partial charge in [-0.3, -0.25) is 14.6 Å². The number of nitriles is 1. The Morgan fingerprint density at radius 1 is 1.07 bits per heavy atom. The number of rotatable bonds is 4. The summed E-state index contributed by atoms with van der Waals surface area (Å²) in [5, 5.41) is 14.5. The molecule has 4 aromatic rings. The van der Waals surface area contributed by atoms with Crippen molar-refractivity contribution in [3.05, 3.63) is 78.0 Å². The number of pyridine rings is 2. The van der Waals surface area contributed by atoms with Gasteiger partial charge >= 0.3 is 0 Å². The van der Waals surface area contributed by atoms with E-state index < -0.39 is 0 Å². The Labute approximate surface area is 168 Å². The van der Waals surface area contributed by atoms with Gasteiger partial charge in [-0.15, -0.1) is 0 Å². The number of nitrogens with zero attached hydrogens (tertiary/aromatic N) is 5. The molecule has 0 aliphatic rings. The molecule has 3 heterocycles. The normalized spacial score (nSPS) is 11.4. The minimum Gasteiger partial charge on any atom is -0.497 e. The van der Waals surface area contributed by atoms with Crippen LogP contribution in [0, 0.1) is 18.3 Å². The fourth-order valence-corrected chi connectivity index (χ4v) is 3.30. The Hall–Kier alpha value is -3.98. The Bertz CT molecular complexity index is 1280. The quantitative estimate of drug-likeness (QED) is 0.493. The first-order valence-electron chi connectivity index (χ1n) is 9.08. The first-order chi connectivity index (χ1) is 14.1. The van der Waals surface area contributed by atoms with Gasteiger partial charge in [0, 0.05) is 47.6 Å². The van der Waals surface area contributed by atoms with Gasteiger partial charge in [0.1, 0.15) is 5.75 Å². The van der Waals surface area contributed by atoms with Crippen LogP contribution in [0.15, 0.2) is 61.2 Å². The Balaban J connectivity index is 1.83. The van der Waals surface area contributed by atoms with Crippen LogP contribution in [0.3, 0.4) is 0 Å². The third kappa shape index (κ3) is 3.71. The third-order valence-electron chi connectivity index (χ3n) is 4.69. The zero-order chi connectivity index (χ0) is 20.4. The molecule has 4 rings (SSSR count). The number of ether oxygens (including phenoxy) is 1. The maximum absolute atomic E-state index is 9.36. The predicted molar refractivity (Wildman–Crippen MR) is 112 cm³/mol. The van der Waals surface area contributed by atoms with E-state index in [9.17, 15) is 5.26 Å². The SMILES string of the molecule is COc1cc(C)cc(/C(=C/C#N)c2cc3cc(-c4cnn(C)c4)cnc3cn2)c1. The highest BCUT2D eigenvalue weighted by Crippen LogP contribution is 2.29. The fourth-order valence-electron chi connectivity index (χ4n) is 3.30. The lowest BCUT2D eigenvalue weighted by atomic mass is 9.98. The summed E-state index contributed by atoms with van der Waals surface area (Å²) in [6, 6.07) is 12.0. The van der Waals surface area contributed by atoms with Gasteiger partial charge in [0.25, 0.3) is 0 Å². The summed E-state index contributed by atoms with van der Waals surface area (Å²) in [4.78, 5) is 9.08. The van der Waals surface area contributed by atoms with E-state index >= 15 is 0 Å². The molecule has 0 amide bonds. The Morgan fingerprint density at radius 2 is 1.93 bits per heavy atom. The molecular weight excluding hydrogens is 362 g/mol. The molecular formula is C23H19N5O. The van der Waals surface area contributed by atoms with E-state index in [0.29, 0.717) is 5.69 Å². The molecule has 3 aromatic heterocycles. The average Bonchev–Trinajstić information content (AvgIpc) is 3.17. The van der Waals surface area contributed by atoms with Crippen LogP contribution in [0.1, 0.15) is 16.8 Å². The van der Waals surface area contributed by atoms with Gasteiger partial charge in [0.05, 0.1) is 36.8 Å². The number of aryl methyl sites for hydroxylation is 2. The van der Waals surface area contributed by atoms with Crippen molar-refractivity contribution in [1.82, 2.24) is 19.7 Å². The van der Waals surface area contributed by atoms with Crippen molar-refractivity contribution in [2.75, 3.05) is 7.11 Å². The summed E-state index contributed by atoms with van der Waals surface area (Å²) in [5.41, 5.74) is 6.14. The molecule has 0 radical (unpaired) electrons. The molecule has 142 valence electrons. The van der Waals surface area contributed by atoms with Crippen molar-refractivity contribution in [3.8, 4) is 22.9 Å². The fraction of sp³-hybridized carbons (Fsp3) is 0.130. The number of hydrogen-bond acceptors (Lipinski definition) is 5. The maximum atomic E-state index is 9.36. The minimum absolute atomic E-state index is 0.705. The van der Waals surface area contributed by atoms with E-state index in [1.54, 1.807) is 18.0 Å². The highest BCUT2D eigenvalue weighted by Gasteiger charge is 2.11. The molecule has 0 saturated heterocycles. The van der Waals surface area contributed by atoms with Crippen LogP contribution in [0.2, 0.25) is 0 Å². The largest absolute Gasteiger partial charge is 0.497 e. The Kier molecular flexibility index (Phi) is 4.80. The molecule has 6 nitrogen and oxygen atoms in total. The molecule has 0 saturated carbocycles. The second-order valence-electron chi connectivity index (χ2n) is 6.81. The second kappa shape index (κ2) is 7.56. The van der Waals surface area contributed by atoms with Crippen LogP contribution in [-0.2, 0) is 7.05 Å². The maximum Gasteiger partial charge on any atom is 0.119 e. The molecule has 6 heteroatoms. The lowest BCUT2D eigenvalue weighted by Crippen LogP contribution is -1.95. The molecule has 0 aliphatic heterocycles. The van der Waals surface area contributed by atoms with Crippen molar-refractivity contribution in [2.24, 2.45) is 7.05 Å². The standard InChI is InChI=1S/C23H19N5O/c1-15-6-16(9-20(7-15)29-3)21(4-5-24)22-10-17-8-18(11-25-23(17)13-26-22)19-12-27-28(2)14-19/h4,6-14H,1-3H3/b21-4-. The first kappa shape index (κ1) is 18.4. The van der Waals surface area contributed by atoms with Gasteiger partial charge in [-0.2, -0.15) is 10.4 Å². The summed E-state index contributed by atoms with van der Waals surface area (Å²) in [6.07, 6.45) is 8.82. The molecule has 0 aliphatic carbocycles. The van der Waals surface area contributed by atoms with Crippen molar-refractivity contribution in [1.29, 1.82) is 5.26 Å². The zero-order valence-electron chi connectivity index (χ0n) is 16.4. The second-order valence-corrected chi connectivity index (χ2v) is 6.81. The molecule has 0 bridgehead atoms. The van der Waals surface area contributed by atoms with E-state index in [2.05, 4.69) is 27.2 Å². The molecule has 0 fully saturated rings. The number of aromatic nitrogens is 4. The smallest absolute Gasteiger partial charge is 0.119 e. The monoisotopic (exact) mass is 381 g/mol. The highest BCUT2D eigenvalue weighted by atomic mass is 16.5. The van der Waals surface area contributed by atoms with Crippen LogP contribution >= 0.6 is 0 Å². The van der Waals surface area contributed by atoms with E-state index in [1.165, 1.54) is 6.08 Å². The zero-order valence-corrected chi connectivity index (χ0v) is 16.4. The topological polar surface area (TPSA) is 76.6 Å². The van der Waals surface area contributed by atoms with Crippen LogP contribution in [-0.4, -0.2) is 26.9 Å². The van der Waals surface area contributed by atoms with E-state index in [4.69, 9.17) is 4.74 Å². The van der Waals surface area contributed by atoms with Gasteiger partial charge in [0.15, 0.2) is 0 Å². The summed E-state index contributed by atoms with van der Waals surface area (Å²) in [5.74, 6) is 0.741. The molecule has 1 aromatic carbocycles. The summed E-state index contributed by atoms with van der Waals surface area (Å²) >= 11 is 0. The van der Waals surface area contributed by atoms with Crippen molar-refractivity contribution in [3.63, 3.8) is 0 Å². The number of benzene rings is 1. The van der Waals surface area contributed by atoms with Gasteiger partial charge in [-0.1, -0.05) is 6.07 Å². The summed E-state index contributed by atoms with van der Waals surface area (Å²) in [7, 11) is 3.52. The number of allylic oxidation sites excluding steroid dienone is 1. The highest BCUT2D eigenvalue weighted by molar-refractivity contribution is 5.88. The lowest BCUT2D eigenvalue weighted by molar-refractivity contribution is 0.414. The van der Waals surface area contributed by atoms with Crippen LogP contribution in [0.25, 0.3) is 27.6 Å². The molecule has 0 N–H and O–H groups in total. The van der Waals surface area contributed by atoms with Crippen molar-refractivity contribution >= 4 is 16.5 Å². The number of methoxy groups -OCH3 is 1. The molecule has 0 spiro atoms. The van der Waals surface area contributed by atoms with Crippen LogP contribution < -0.4 is 4.74 Å². The lowest BCUT2D eigenvalue weighted by Gasteiger charge is -2.11. The van der Waals surface area contributed by atoms with Gasteiger partial charge in [-0.25, -0.2) is 0 Å². The van der Waals surface area contributed by atoms with E-state index in [0.717, 1.165) is 44.5 Å². The van der Waals surface area contributed by atoms with Crippen molar-refractivity contribution < 1.29 is 4.74 Å². The molecule has 0 atom stereocenters. The average molecular weight is 381 g/mol. The number of fused-ring (bicyclic) bond motifs is 1. The van der Waals surface area contributed by atoms with E-state index in [-0.39, 0.29) is 0 Å². The van der Waals surface area contributed by atoms with Gasteiger partial charge in [0.2, 0.25) is 0 Å². The third-order valence-corrected chi connectivity index (χ3v) is 4.69. The van der Waals surface area contributed by atoms with Gasteiger partial charge in [-0.05, 0) is 42.3 Å². The van der Waals surface area contributed by atoms with Crippen molar-refractivity contribution in [2.45, 2.75) is 6.92 Å². The minimum atomic E-state index is 0.705. The summed E-state index contributed by atoms with van der Waals surface area (Å²) in [6.45, 7) is 1.99. The first-order valence-corrected chi connectivity index (χ1v) is 9.08. The van der Waals surface area contributed by atoms with Crippen LogP contribution in [0.5, 0.6) is 5.75 Å². The number of hydrogen-bond donors (Lipinski definition) is 0. The predicted octanol–water partition coefficient (Wildman–Crippen LogP) is 4.30. The van der Waals surface area contributed by atoms with E-state index in [1.807, 2.05) is 56.8 Å². The van der Waals surface area contributed by atoms with Gasteiger partial charge < -0.3 is 4.74 Å². The van der Waals surface area contributed by atoms with Crippen LogP contribution in [0.4, 0.5) is 0 Å². The molecule has 29 heavy (non-hydrogen) atoms.